The van der Waals surface area contributed by atoms with Crippen molar-refractivity contribution in [3.8, 4) is 10.6 Å². The summed E-state index contributed by atoms with van der Waals surface area (Å²) in [4.78, 5) is 22.3. The Morgan fingerprint density at radius 3 is 2.84 bits per heavy atom. The van der Waals surface area contributed by atoms with Gasteiger partial charge in [0.05, 0.1) is 25.8 Å². The number of aryl methyl sites for hydroxylation is 1. The molecular formula is C18H15N3OS3. The van der Waals surface area contributed by atoms with Crippen LogP contribution >= 0.6 is 34.0 Å². The number of para-hydroxylation sites is 1. The highest BCUT2D eigenvalue weighted by Gasteiger charge is 2.09. The highest BCUT2D eigenvalue weighted by Crippen LogP contribution is 2.28. The average Bonchev–Trinajstić information content (AvgIpc) is 3.34. The van der Waals surface area contributed by atoms with Gasteiger partial charge in [-0.2, -0.15) is 0 Å². The zero-order valence-corrected chi connectivity index (χ0v) is 15.7. The van der Waals surface area contributed by atoms with E-state index in [4.69, 9.17) is 0 Å². The molecule has 4 nitrogen and oxygen atoms in total. The molecule has 1 N–H and O–H groups in total. The standard InChI is InChI=1S/C18H15N3OS3/c22-16(21-18-20-13(11-24-18)14-7-4-10-23-14)8-3-9-17-19-12-5-1-2-6-15(12)25-17/h1-2,4-7,10-11H,3,8-9H2,(H,20,21,22). The molecule has 0 aliphatic heterocycles. The van der Waals surface area contributed by atoms with E-state index in [-0.39, 0.29) is 5.91 Å². The van der Waals surface area contributed by atoms with Gasteiger partial charge >= 0.3 is 0 Å². The Bertz CT molecular complexity index is 955. The zero-order valence-electron chi connectivity index (χ0n) is 13.3. The van der Waals surface area contributed by atoms with E-state index < -0.39 is 0 Å². The summed E-state index contributed by atoms with van der Waals surface area (Å²) >= 11 is 4.81. The summed E-state index contributed by atoms with van der Waals surface area (Å²) in [5.41, 5.74) is 1.96. The van der Waals surface area contributed by atoms with Crippen molar-refractivity contribution in [1.29, 1.82) is 0 Å². The van der Waals surface area contributed by atoms with Crippen LogP contribution < -0.4 is 5.32 Å². The molecule has 7 heteroatoms. The van der Waals surface area contributed by atoms with Crippen molar-refractivity contribution in [2.24, 2.45) is 0 Å². The van der Waals surface area contributed by atoms with Gasteiger partial charge in [0, 0.05) is 11.8 Å². The molecule has 4 rings (SSSR count). The SMILES string of the molecule is O=C(CCCc1nc2ccccc2s1)Nc1nc(-c2cccs2)cs1. The van der Waals surface area contributed by atoms with Crippen LogP contribution in [0.2, 0.25) is 0 Å². The molecule has 0 aliphatic carbocycles. The minimum atomic E-state index is 0.00758. The number of thiophene rings is 1. The molecule has 0 saturated carbocycles. The van der Waals surface area contributed by atoms with Crippen molar-refractivity contribution in [2.45, 2.75) is 19.3 Å². The fourth-order valence-corrected chi connectivity index (χ4v) is 4.97. The lowest BCUT2D eigenvalue weighted by molar-refractivity contribution is -0.116. The third kappa shape index (κ3) is 3.95. The molecule has 0 radical (unpaired) electrons. The number of anilines is 1. The lowest BCUT2D eigenvalue weighted by atomic mass is 10.2. The van der Waals surface area contributed by atoms with Gasteiger partial charge in [0.25, 0.3) is 0 Å². The summed E-state index contributed by atoms with van der Waals surface area (Å²) in [5, 5.41) is 8.64. The maximum absolute atomic E-state index is 12.1. The van der Waals surface area contributed by atoms with Crippen molar-refractivity contribution in [1.82, 2.24) is 9.97 Å². The Balaban J connectivity index is 1.29. The van der Waals surface area contributed by atoms with Gasteiger partial charge in [-0.3, -0.25) is 4.79 Å². The summed E-state index contributed by atoms with van der Waals surface area (Å²) in [6.45, 7) is 0. The minimum absolute atomic E-state index is 0.00758. The van der Waals surface area contributed by atoms with Gasteiger partial charge in [-0.25, -0.2) is 9.97 Å². The number of rotatable bonds is 6. The van der Waals surface area contributed by atoms with Crippen molar-refractivity contribution in [3.05, 3.63) is 52.2 Å². The van der Waals surface area contributed by atoms with E-state index in [0.29, 0.717) is 11.6 Å². The minimum Gasteiger partial charge on any atom is -0.302 e. The number of thiazole rings is 2. The van der Waals surface area contributed by atoms with E-state index in [1.54, 1.807) is 22.7 Å². The monoisotopic (exact) mass is 385 g/mol. The Hall–Kier alpha value is -2.09. The average molecular weight is 386 g/mol. The molecule has 1 aromatic carbocycles. The maximum atomic E-state index is 12.1. The number of nitrogens with zero attached hydrogens (tertiary/aromatic N) is 2. The second-order valence-electron chi connectivity index (χ2n) is 5.49. The molecule has 1 amide bonds. The fraction of sp³-hybridized carbons (Fsp3) is 0.167. The summed E-state index contributed by atoms with van der Waals surface area (Å²) in [5.74, 6) is 0.00758. The summed E-state index contributed by atoms with van der Waals surface area (Å²) in [6, 6.07) is 12.2. The summed E-state index contributed by atoms with van der Waals surface area (Å²) < 4.78 is 1.20. The molecule has 0 spiro atoms. The molecule has 0 unspecified atom stereocenters. The smallest absolute Gasteiger partial charge is 0.226 e. The molecular weight excluding hydrogens is 370 g/mol. The number of carbonyl (C=O) groups excluding carboxylic acids is 1. The van der Waals surface area contributed by atoms with E-state index in [2.05, 4.69) is 21.4 Å². The van der Waals surface area contributed by atoms with Crippen LogP contribution in [0.3, 0.4) is 0 Å². The first-order chi connectivity index (χ1) is 12.3. The number of nitrogens with one attached hydrogen (secondary N) is 1. The van der Waals surface area contributed by atoms with Crippen LogP contribution in [0.15, 0.2) is 47.2 Å². The highest BCUT2D eigenvalue weighted by atomic mass is 32.1. The highest BCUT2D eigenvalue weighted by molar-refractivity contribution is 7.18. The predicted molar refractivity (Wildman–Crippen MR) is 107 cm³/mol. The van der Waals surface area contributed by atoms with Gasteiger partial charge in [-0.05, 0) is 36.4 Å². The first kappa shape index (κ1) is 16.4. The second-order valence-corrected chi connectivity index (χ2v) is 8.41. The lowest BCUT2D eigenvalue weighted by Gasteiger charge is -2.00. The molecule has 0 aliphatic rings. The first-order valence-electron chi connectivity index (χ1n) is 7.91. The van der Waals surface area contributed by atoms with Gasteiger partial charge in [0.15, 0.2) is 5.13 Å². The van der Waals surface area contributed by atoms with E-state index >= 15 is 0 Å². The number of amides is 1. The number of fused-ring (bicyclic) bond motifs is 1. The van der Waals surface area contributed by atoms with E-state index in [1.165, 1.54) is 16.0 Å². The molecule has 0 bridgehead atoms. The number of carbonyl (C=O) groups is 1. The molecule has 0 atom stereocenters. The fourth-order valence-electron chi connectivity index (χ4n) is 2.48. The quantitative estimate of drug-likeness (QED) is 0.481. The van der Waals surface area contributed by atoms with Crippen molar-refractivity contribution < 1.29 is 4.79 Å². The number of hydrogen-bond donors (Lipinski definition) is 1. The Labute approximate surface area is 157 Å². The van der Waals surface area contributed by atoms with Crippen LogP contribution in [0.1, 0.15) is 17.8 Å². The van der Waals surface area contributed by atoms with E-state index in [1.807, 2.05) is 41.1 Å². The van der Waals surface area contributed by atoms with Gasteiger partial charge in [-0.1, -0.05) is 18.2 Å². The van der Waals surface area contributed by atoms with Crippen molar-refractivity contribution in [3.63, 3.8) is 0 Å². The maximum Gasteiger partial charge on any atom is 0.226 e. The number of aromatic nitrogens is 2. The molecule has 3 aromatic heterocycles. The lowest BCUT2D eigenvalue weighted by Crippen LogP contribution is -2.11. The molecule has 3 heterocycles. The van der Waals surface area contributed by atoms with Crippen molar-refractivity contribution >= 4 is 55.3 Å². The molecule has 0 saturated heterocycles. The topological polar surface area (TPSA) is 54.9 Å². The third-order valence-electron chi connectivity index (χ3n) is 3.66. The van der Waals surface area contributed by atoms with Crippen LogP contribution in [-0.4, -0.2) is 15.9 Å². The van der Waals surface area contributed by atoms with E-state index in [9.17, 15) is 4.79 Å². The molecule has 25 heavy (non-hydrogen) atoms. The van der Waals surface area contributed by atoms with Gasteiger partial charge < -0.3 is 5.32 Å². The van der Waals surface area contributed by atoms with Crippen LogP contribution in [0, 0.1) is 0 Å². The first-order valence-corrected chi connectivity index (χ1v) is 10.5. The van der Waals surface area contributed by atoms with Crippen LogP contribution in [-0.2, 0) is 11.2 Å². The normalized spacial score (nSPS) is 11.0. The number of hydrogen-bond acceptors (Lipinski definition) is 6. The predicted octanol–water partition coefficient (Wildman–Crippen LogP) is 5.44. The summed E-state index contributed by atoms with van der Waals surface area (Å²) in [7, 11) is 0. The van der Waals surface area contributed by atoms with E-state index in [0.717, 1.165) is 33.9 Å². The second kappa shape index (κ2) is 7.43. The summed E-state index contributed by atoms with van der Waals surface area (Å²) in [6.07, 6.45) is 2.09. The van der Waals surface area contributed by atoms with Crippen LogP contribution in [0.25, 0.3) is 20.8 Å². The third-order valence-corrected chi connectivity index (χ3v) is 6.40. The van der Waals surface area contributed by atoms with Crippen molar-refractivity contribution in [2.75, 3.05) is 5.32 Å². The Morgan fingerprint density at radius 1 is 1.08 bits per heavy atom. The Kier molecular flexibility index (Phi) is 4.87. The molecule has 126 valence electrons. The van der Waals surface area contributed by atoms with Gasteiger partial charge in [-0.15, -0.1) is 34.0 Å². The molecule has 0 fully saturated rings. The van der Waals surface area contributed by atoms with Gasteiger partial charge in [0.2, 0.25) is 5.91 Å². The zero-order chi connectivity index (χ0) is 17.1. The Morgan fingerprint density at radius 2 is 2.00 bits per heavy atom. The largest absolute Gasteiger partial charge is 0.302 e. The molecule has 4 aromatic rings. The van der Waals surface area contributed by atoms with Gasteiger partial charge in [0.1, 0.15) is 0 Å². The van der Waals surface area contributed by atoms with Crippen LogP contribution in [0.4, 0.5) is 5.13 Å². The van der Waals surface area contributed by atoms with Crippen LogP contribution in [0.5, 0.6) is 0 Å². The number of benzene rings is 1.